The molecule has 1 aliphatic heterocycles. The summed E-state index contributed by atoms with van der Waals surface area (Å²) in [6.45, 7) is 3.45. The van der Waals surface area contributed by atoms with Crippen molar-refractivity contribution in [2.75, 3.05) is 19.7 Å². The van der Waals surface area contributed by atoms with Crippen molar-refractivity contribution in [3.05, 3.63) is 10.4 Å². The van der Waals surface area contributed by atoms with E-state index in [9.17, 15) is 9.90 Å². The van der Waals surface area contributed by atoms with Crippen LogP contribution in [0.5, 0.6) is 0 Å². The zero-order chi connectivity index (χ0) is 14.1. The van der Waals surface area contributed by atoms with E-state index in [0.717, 1.165) is 12.8 Å². The van der Waals surface area contributed by atoms with E-state index in [1.165, 1.54) is 0 Å². The molecular formula is C12H22N4O3. The molecule has 2 atom stereocenters. The molecule has 0 aromatic carbocycles. The molecule has 1 heterocycles. The van der Waals surface area contributed by atoms with Gasteiger partial charge in [-0.2, -0.15) is 0 Å². The smallest absolute Gasteiger partial charge is 0.324 e. The summed E-state index contributed by atoms with van der Waals surface area (Å²) in [6, 6.07) is 0. The lowest BCUT2D eigenvalue weighted by atomic mass is 9.85. The van der Waals surface area contributed by atoms with Gasteiger partial charge in [-0.05, 0) is 31.3 Å². The van der Waals surface area contributed by atoms with Gasteiger partial charge in [-0.3, -0.25) is 4.79 Å². The normalized spacial score (nSPS) is 26.7. The molecular weight excluding hydrogens is 248 g/mol. The van der Waals surface area contributed by atoms with E-state index >= 15 is 0 Å². The molecule has 1 fully saturated rings. The van der Waals surface area contributed by atoms with E-state index in [2.05, 4.69) is 22.3 Å². The molecule has 108 valence electrons. The first kappa shape index (κ1) is 15.8. The molecule has 0 aromatic rings. The number of carboxylic acids is 1. The van der Waals surface area contributed by atoms with Crippen molar-refractivity contribution in [2.45, 2.75) is 50.7 Å². The third-order valence-corrected chi connectivity index (χ3v) is 3.44. The van der Waals surface area contributed by atoms with Gasteiger partial charge < -0.3 is 15.2 Å². The molecule has 0 bridgehead atoms. The highest BCUT2D eigenvalue weighted by molar-refractivity contribution is 5.79. The van der Waals surface area contributed by atoms with Gasteiger partial charge in [0.1, 0.15) is 5.54 Å². The molecule has 1 aliphatic rings. The molecule has 0 spiro atoms. The van der Waals surface area contributed by atoms with Crippen LogP contribution in [0.1, 0.15) is 39.0 Å². The lowest BCUT2D eigenvalue weighted by Gasteiger charge is -2.38. The standard InChI is InChI=1S/C12H22N4O3/c1-2-4-10-9-12(11(17)18,5-8-19-10)14-6-3-7-15-16-13/h10,14H,2-9H2,1H3,(H,17,18). The molecule has 7 heteroatoms. The second-order valence-corrected chi connectivity index (χ2v) is 4.86. The zero-order valence-electron chi connectivity index (χ0n) is 11.3. The van der Waals surface area contributed by atoms with Gasteiger partial charge in [0.2, 0.25) is 0 Å². The molecule has 0 saturated carbocycles. The first-order valence-electron chi connectivity index (χ1n) is 6.75. The summed E-state index contributed by atoms with van der Waals surface area (Å²) in [5.41, 5.74) is 7.28. The monoisotopic (exact) mass is 270 g/mol. The molecule has 2 N–H and O–H groups in total. The van der Waals surface area contributed by atoms with Crippen LogP contribution in [0.25, 0.3) is 10.4 Å². The number of ether oxygens (including phenoxy) is 1. The predicted octanol–water partition coefficient (Wildman–Crippen LogP) is 2.08. The van der Waals surface area contributed by atoms with Crippen LogP contribution in [0.4, 0.5) is 0 Å². The van der Waals surface area contributed by atoms with E-state index in [0.29, 0.717) is 39.0 Å². The minimum absolute atomic E-state index is 0.0134. The lowest BCUT2D eigenvalue weighted by Crippen LogP contribution is -2.57. The van der Waals surface area contributed by atoms with Gasteiger partial charge in [0.15, 0.2) is 0 Å². The maximum Gasteiger partial charge on any atom is 0.324 e. The summed E-state index contributed by atoms with van der Waals surface area (Å²) < 4.78 is 5.60. The second-order valence-electron chi connectivity index (χ2n) is 4.86. The van der Waals surface area contributed by atoms with Crippen LogP contribution < -0.4 is 5.32 Å². The molecule has 0 radical (unpaired) electrons. The molecule has 1 saturated heterocycles. The summed E-state index contributed by atoms with van der Waals surface area (Å²) in [6.07, 6.45) is 3.49. The Kier molecular flexibility index (Phi) is 6.62. The van der Waals surface area contributed by atoms with Crippen molar-refractivity contribution < 1.29 is 14.6 Å². The quantitative estimate of drug-likeness (QED) is 0.304. The number of rotatable bonds is 8. The van der Waals surface area contributed by atoms with Crippen LogP contribution in [0.15, 0.2) is 5.11 Å². The maximum absolute atomic E-state index is 11.5. The Balaban J connectivity index is 2.53. The van der Waals surface area contributed by atoms with Crippen molar-refractivity contribution >= 4 is 5.97 Å². The Morgan fingerprint density at radius 1 is 1.68 bits per heavy atom. The fraction of sp³-hybridized carbons (Fsp3) is 0.917. The van der Waals surface area contributed by atoms with Crippen molar-refractivity contribution in [2.24, 2.45) is 5.11 Å². The van der Waals surface area contributed by atoms with Crippen LogP contribution >= 0.6 is 0 Å². The highest BCUT2D eigenvalue weighted by atomic mass is 16.5. The minimum Gasteiger partial charge on any atom is -0.480 e. The van der Waals surface area contributed by atoms with E-state index in [1.54, 1.807) is 0 Å². The Morgan fingerprint density at radius 3 is 3.11 bits per heavy atom. The summed E-state index contributed by atoms with van der Waals surface area (Å²) in [4.78, 5) is 14.2. The van der Waals surface area contributed by atoms with Crippen molar-refractivity contribution in [3.63, 3.8) is 0 Å². The van der Waals surface area contributed by atoms with E-state index in [1.807, 2.05) is 0 Å². The van der Waals surface area contributed by atoms with Crippen molar-refractivity contribution in [1.82, 2.24) is 5.32 Å². The number of nitrogens with zero attached hydrogens (tertiary/aromatic N) is 3. The van der Waals surface area contributed by atoms with Gasteiger partial charge in [-0.1, -0.05) is 18.5 Å². The third kappa shape index (κ3) is 4.70. The number of hydrogen-bond acceptors (Lipinski definition) is 4. The number of carbonyl (C=O) groups is 1. The topological polar surface area (TPSA) is 107 Å². The minimum atomic E-state index is -0.894. The van der Waals surface area contributed by atoms with E-state index in [4.69, 9.17) is 10.3 Å². The van der Waals surface area contributed by atoms with Crippen molar-refractivity contribution in [3.8, 4) is 0 Å². The largest absolute Gasteiger partial charge is 0.480 e. The average Bonchev–Trinajstić information content (AvgIpc) is 2.39. The van der Waals surface area contributed by atoms with E-state index < -0.39 is 11.5 Å². The SMILES string of the molecule is CCCC1CC(NCCCN=[N+]=[N-])(C(=O)O)CCO1. The Bertz CT molecular complexity index is 342. The molecule has 0 aromatic heterocycles. The van der Waals surface area contributed by atoms with Gasteiger partial charge in [0.25, 0.3) is 0 Å². The maximum atomic E-state index is 11.5. The number of aliphatic carboxylic acids is 1. The number of hydrogen-bond donors (Lipinski definition) is 2. The molecule has 2 unspecified atom stereocenters. The zero-order valence-corrected chi connectivity index (χ0v) is 11.3. The van der Waals surface area contributed by atoms with Crippen LogP contribution in [0.3, 0.4) is 0 Å². The highest BCUT2D eigenvalue weighted by Crippen LogP contribution is 2.27. The van der Waals surface area contributed by atoms with Crippen LogP contribution in [-0.4, -0.2) is 42.4 Å². The fourth-order valence-electron chi connectivity index (χ4n) is 2.41. The first-order chi connectivity index (χ1) is 9.14. The van der Waals surface area contributed by atoms with Crippen LogP contribution in [0.2, 0.25) is 0 Å². The number of azide groups is 1. The molecule has 1 rings (SSSR count). The van der Waals surface area contributed by atoms with Gasteiger partial charge in [0, 0.05) is 24.5 Å². The van der Waals surface area contributed by atoms with Gasteiger partial charge in [-0.15, -0.1) is 0 Å². The van der Waals surface area contributed by atoms with Gasteiger partial charge in [0.05, 0.1) is 6.10 Å². The highest BCUT2D eigenvalue weighted by Gasteiger charge is 2.42. The third-order valence-electron chi connectivity index (χ3n) is 3.44. The summed E-state index contributed by atoms with van der Waals surface area (Å²) in [5.74, 6) is -0.819. The Hall–Kier alpha value is -1.30. The van der Waals surface area contributed by atoms with E-state index in [-0.39, 0.29) is 6.10 Å². The Morgan fingerprint density at radius 2 is 2.47 bits per heavy atom. The fourth-order valence-corrected chi connectivity index (χ4v) is 2.41. The molecule has 7 nitrogen and oxygen atoms in total. The van der Waals surface area contributed by atoms with Crippen LogP contribution in [0, 0.1) is 0 Å². The lowest BCUT2D eigenvalue weighted by molar-refractivity contribution is -0.152. The molecule has 0 aliphatic carbocycles. The first-order valence-corrected chi connectivity index (χ1v) is 6.75. The summed E-state index contributed by atoms with van der Waals surface area (Å²) in [7, 11) is 0. The summed E-state index contributed by atoms with van der Waals surface area (Å²) >= 11 is 0. The van der Waals surface area contributed by atoms with Gasteiger partial charge >= 0.3 is 5.97 Å². The molecule has 0 amide bonds. The average molecular weight is 270 g/mol. The van der Waals surface area contributed by atoms with Crippen LogP contribution in [-0.2, 0) is 9.53 Å². The van der Waals surface area contributed by atoms with Crippen molar-refractivity contribution in [1.29, 1.82) is 0 Å². The summed E-state index contributed by atoms with van der Waals surface area (Å²) in [5, 5.41) is 16.0. The Labute approximate surface area is 113 Å². The number of nitrogens with one attached hydrogen (secondary N) is 1. The second kappa shape index (κ2) is 7.99. The number of carboxylic acid groups (broad SMARTS) is 1. The predicted molar refractivity (Wildman–Crippen MR) is 70.9 cm³/mol. The molecule has 19 heavy (non-hydrogen) atoms. The van der Waals surface area contributed by atoms with Gasteiger partial charge in [-0.25, -0.2) is 0 Å².